The highest BCUT2D eigenvalue weighted by molar-refractivity contribution is 7.08. The van der Waals surface area contributed by atoms with Crippen molar-refractivity contribution in [2.75, 3.05) is 38.1 Å². The number of carbonyl (C=O) groups excluding carboxylic acids is 2. The van der Waals surface area contributed by atoms with Gasteiger partial charge in [-0.3, -0.25) is 9.59 Å². The van der Waals surface area contributed by atoms with E-state index in [-0.39, 0.29) is 30.9 Å². The van der Waals surface area contributed by atoms with Crippen molar-refractivity contribution in [1.82, 2.24) is 15.5 Å². The summed E-state index contributed by atoms with van der Waals surface area (Å²) in [6, 6.07) is 17.3. The van der Waals surface area contributed by atoms with E-state index in [9.17, 15) is 9.59 Å². The van der Waals surface area contributed by atoms with Crippen LogP contribution in [0.25, 0.3) is 11.1 Å². The molecule has 0 unspecified atom stereocenters. The summed E-state index contributed by atoms with van der Waals surface area (Å²) in [5.74, 6) is -0.0676. The lowest BCUT2D eigenvalue weighted by Crippen LogP contribution is -2.47. The predicted molar refractivity (Wildman–Crippen MR) is 153 cm³/mol. The van der Waals surface area contributed by atoms with Gasteiger partial charge < -0.3 is 20.4 Å². The van der Waals surface area contributed by atoms with Gasteiger partial charge in [0.25, 0.3) is 0 Å². The molecule has 196 valence electrons. The molecule has 2 N–H and O–H groups in total. The van der Waals surface area contributed by atoms with E-state index < -0.39 is 0 Å². The van der Waals surface area contributed by atoms with Crippen molar-refractivity contribution in [3.05, 3.63) is 76.0 Å². The Morgan fingerprint density at radius 2 is 1.73 bits per heavy atom. The van der Waals surface area contributed by atoms with Gasteiger partial charge in [0.05, 0.1) is 13.1 Å². The van der Waals surface area contributed by atoms with Crippen LogP contribution in [-0.4, -0.2) is 62.0 Å². The predicted octanol–water partition coefficient (Wildman–Crippen LogP) is 4.27. The highest BCUT2D eigenvalue weighted by Crippen LogP contribution is 2.30. The van der Waals surface area contributed by atoms with Crippen LogP contribution in [0.1, 0.15) is 30.5 Å². The van der Waals surface area contributed by atoms with Gasteiger partial charge >= 0.3 is 0 Å². The van der Waals surface area contributed by atoms with Crippen LogP contribution in [-0.2, 0) is 22.4 Å². The molecule has 37 heavy (non-hydrogen) atoms. The largest absolute Gasteiger partial charge is 0.353 e. The molecule has 1 heterocycles. The fourth-order valence-corrected chi connectivity index (χ4v) is 5.53. The zero-order chi connectivity index (χ0) is 26.4. The van der Waals surface area contributed by atoms with Crippen molar-refractivity contribution in [3.63, 3.8) is 0 Å². The topological polar surface area (TPSA) is 64.7 Å². The summed E-state index contributed by atoms with van der Waals surface area (Å²) in [6.07, 6.45) is 1.74. The van der Waals surface area contributed by atoms with Crippen LogP contribution in [0.2, 0.25) is 0 Å². The Hall–Kier alpha value is -3.16. The summed E-state index contributed by atoms with van der Waals surface area (Å²) in [5, 5.41) is 10.5. The molecule has 0 saturated heterocycles. The molecule has 2 amide bonds. The second-order valence-corrected chi connectivity index (χ2v) is 10.9. The number of benzene rings is 2. The Morgan fingerprint density at radius 1 is 1.00 bits per heavy atom. The minimum Gasteiger partial charge on any atom is -0.353 e. The van der Waals surface area contributed by atoms with Gasteiger partial charge in [-0.05, 0) is 70.5 Å². The number of aryl methyl sites for hydroxylation is 1. The molecule has 0 fully saturated rings. The van der Waals surface area contributed by atoms with E-state index in [4.69, 9.17) is 0 Å². The van der Waals surface area contributed by atoms with Crippen molar-refractivity contribution in [1.29, 1.82) is 0 Å². The van der Waals surface area contributed by atoms with Crippen LogP contribution in [0.15, 0.2) is 59.3 Å². The first-order chi connectivity index (χ1) is 17.8. The standard InChI is InChI=1S/C30H38N4O2S/c1-21(2)31-12-13-32-29(35)18-34(28-17-25(10-9-22(28)3)26-11-14-37-20-26)19-30(36)33(4)27-15-23-7-5-6-8-24(23)16-27/h5-11,14,17,20-21,27,31H,12-13,15-16,18-19H2,1-4H3,(H,32,35). The summed E-state index contributed by atoms with van der Waals surface area (Å²) in [6.45, 7) is 7.73. The Morgan fingerprint density at radius 3 is 2.38 bits per heavy atom. The zero-order valence-electron chi connectivity index (χ0n) is 22.3. The molecule has 3 aromatic rings. The van der Waals surface area contributed by atoms with Crippen LogP contribution in [0.5, 0.6) is 0 Å². The molecule has 6 nitrogen and oxygen atoms in total. The number of anilines is 1. The molecular weight excluding hydrogens is 480 g/mol. The minimum absolute atomic E-state index is 0.0208. The zero-order valence-corrected chi connectivity index (χ0v) is 23.1. The fourth-order valence-electron chi connectivity index (χ4n) is 4.86. The monoisotopic (exact) mass is 518 g/mol. The van der Waals surface area contributed by atoms with Gasteiger partial charge in [0, 0.05) is 37.9 Å². The number of thiophene rings is 1. The summed E-state index contributed by atoms with van der Waals surface area (Å²) in [5.41, 5.74) is 6.81. The number of amides is 2. The number of nitrogens with zero attached hydrogens (tertiary/aromatic N) is 2. The lowest BCUT2D eigenvalue weighted by molar-refractivity contribution is -0.130. The van der Waals surface area contributed by atoms with Crippen LogP contribution >= 0.6 is 11.3 Å². The normalized spacial score (nSPS) is 13.0. The van der Waals surface area contributed by atoms with Gasteiger partial charge in [0.15, 0.2) is 0 Å². The highest BCUT2D eigenvalue weighted by Gasteiger charge is 2.29. The first kappa shape index (κ1) is 26.9. The Kier molecular flexibility index (Phi) is 9.00. The maximum atomic E-state index is 13.6. The molecule has 0 bridgehead atoms. The summed E-state index contributed by atoms with van der Waals surface area (Å²) in [4.78, 5) is 30.3. The number of hydrogen-bond acceptors (Lipinski definition) is 5. The van der Waals surface area contributed by atoms with Gasteiger partial charge in [-0.15, -0.1) is 0 Å². The third-order valence-electron chi connectivity index (χ3n) is 7.04. The molecular formula is C30H38N4O2S. The van der Waals surface area contributed by atoms with E-state index in [1.165, 1.54) is 11.1 Å². The number of likely N-dealkylation sites (N-methyl/N-ethyl adjacent to an activating group) is 1. The van der Waals surface area contributed by atoms with Crippen LogP contribution in [0.4, 0.5) is 5.69 Å². The Labute approximate surface area is 224 Å². The van der Waals surface area contributed by atoms with Crippen molar-refractivity contribution < 1.29 is 9.59 Å². The molecule has 2 aromatic carbocycles. The molecule has 1 aliphatic rings. The summed E-state index contributed by atoms with van der Waals surface area (Å²) >= 11 is 1.66. The van der Waals surface area contributed by atoms with E-state index in [1.54, 1.807) is 11.3 Å². The van der Waals surface area contributed by atoms with Gasteiger partial charge in [-0.25, -0.2) is 0 Å². The molecule has 1 aromatic heterocycles. The Balaban J connectivity index is 1.50. The van der Waals surface area contributed by atoms with Gasteiger partial charge in [-0.2, -0.15) is 11.3 Å². The third-order valence-corrected chi connectivity index (χ3v) is 7.72. The molecule has 0 radical (unpaired) electrons. The van der Waals surface area contributed by atoms with E-state index in [0.29, 0.717) is 19.1 Å². The van der Waals surface area contributed by atoms with Crippen molar-refractivity contribution >= 4 is 28.8 Å². The maximum absolute atomic E-state index is 13.6. The third kappa shape index (κ3) is 6.99. The average Bonchev–Trinajstić information content (AvgIpc) is 3.56. The summed E-state index contributed by atoms with van der Waals surface area (Å²) < 4.78 is 0. The van der Waals surface area contributed by atoms with Crippen molar-refractivity contribution in [3.8, 4) is 11.1 Å². The van der Waals surface area contributed by atoms with Gasteiger partial charge in [0.2, 0.25) is 11.8 Å². The van der Waals surface area contributed by atoms with E-state index in [0.717, 1.165) is 35.2 Å². The molecule has 7 heteroatoms. The number of fused-ring (bicyclic) bond motifs is 1. The SMILES string of the molecule is Cc1ccc(-c2ccsc2)cc1N(CC(=O)NCCNC(C)C)CC(=O)N(C)C1Cc2ccccc2C1. The van der Waals surface area contributed by atoms with Crippen LogP contribution in [0, 0.1) is 6.92 Å². The quantitative estimate of drug-likeness (QED) is 0.372. The maximum Gasteiger partial charge on any atom is 0.242 e. The molecule has 0 atom stereocenters. The molecule has 0 saturated carbocycles. The Bertz CT molecular complexity index is 1180. The molecule has 0 aliphatic heterocycles. The van der Waals surface area contributed by atoms with Gasteiger partial charge in [-0.1, -0.05) is 50.2 Å². The number of carbonyl (C=O) groups is 2. The lowest BCUT2D eigenvalue weighted by atomic mass is 10.0. The molecule has 0 spiro atoms. The van der Waals surface area contributed by atoms with E-state index >= 15 is 0 Å². The minimum atomic E-state index is -0.0883. The smallest absolute Gasteiger partial charge is 0.242 e. The second kappa shape index (κ2) is 12.4. The first-order valence-corrected chi connectivity index (χ1v) is 14.0. The van der Waals surface area contributed by atoms with Crippen molar-refractivity contribution in [2.45, 2.75) is 45.7 Å². The van der Waals surface area contributed by atoms with E-state index in [1.807, 2.05) is 23.8 Å². The summed E-state index contributed by atoms with van der Waals surface area (Å²) in [7, 11) is 1.89. The number of rotatable bonds is 11. The molecule has 4 rings (SSSR count). The van der Waals surface area contributed by atoms with Gasteiger partial charge in [0.1, 0.15) is 0 Å². The second-order valence-electron chi connectivity index (χ2n) is 10.2. The number of nitrogens with one attached hydrogen (secondary N) is 2. The molecule has 1 aliphatic carbocycles. The van der Waals surface area contributed by atoms with Crippen LogP contribution in [0.3, 0.4) is 0 Å². The highest BCUT2D eigenvalue weighted by atomic mass is 32.1. The average molecular weight is 519 g/mol. The van der Waals surface area contributed by atoms with E-state index in [2.05, 4.69) is 83.8 Å². The van der Waals surface area contributed by atoms with Crippen LogP contribution < -0.4 is 15.5 Å². The fraction of sp³-hybridized carbons (Fsp3) is 0.400. The van der Waals surface area contributed by atoms with Crippen molar-refractivity contribution in [2.24, 2.45) is 0 Å². The lowest BCUT2D eigenvalue weighted by Gasteiger charge is -2.30. The first-order valence-electron chi connectivity index (χ1n) is 13.0. The number of hydrogen-bond donors (Lipinski definition) is 2.